The van der Waals surface area contributed by atoms with Crippen LogP contribution in [0.15, 0.2) is 18.2 Å². The van der Waals surface area contributed by atoms with E-state index in [1.54, 1.807) is 6.92 Å². The van der Waals surface area contributed by atoms with Gasteiger partial charge in [-0.2, -0.15) is 0 Å². The van der Waals surface area contributed by atoms with Gasteiger partial charge in [-0.3, -0.25) is 9.59 Å². The Labute approximate surface area is 102 Å². The largest absolute Gasteiger partial charge is 0.478 e. The molecule has 1 aliphatic rings. The second-order valence-electron chi connectivity index (χ2n) is 4.14. The number of anilines is 1. The van der Waals surface area contributed by atoms with Crippen LogP contribution in [-0.4, -0.2) is 22.9 Å². The van der Waals surface area contributed by atoms with Gasteiger partial charge in [0.2, 0.25) is 11.8 Å². The molecule has 0 aromatic heterocycles. The molecule has 1 aromatic carbocycles. The third-order valence-electron chi connectivity index (χ3n) is 2.80. The smallest absolute Gasteiger partial charge is 0.337 e. The minimum absolute atomic E-state index is 0.00834. The van der Waals surface area contributed by atoms with Gasteiger partial charge in [-0.25, -0.2) is 14.1 Å². The van der Waals surface area contributed by atoms with Crippen LogP contribution < -0.4 is 4.90 Å². The normalized spacial score (nSPS) is 19.4. The van der Waals surface area contributed by atoms with Crippen LogP contribution >= 0.6 is 0 Å². The summed E-state index contributed by atoms with van der Waals surface area (Å²) in [5.74, 6) is -3.54. The molecule has 0 spiro atoms. The molecule has 5 nitrogen and oxygen atoms in total. The predicted molar refractivity (Wildman–Crippen MR) is 59.6 cm³/mol. The van der Waals surface area contributed by atoms with E-state index < -0.39 is 29.5 Å². The topological polar surface area (TPSA) is 74.7 Å². The van der Waals surface area contributed by atoms with Crippen molar-refractivity contribution in [3.63, 3.8) is 0 Å². The van der Waals surface area contributed by atoms with Crippen molar-refractivity contribution >= 4 is 23.5 Å². The maximum Gasteiger partial charge on any atom is 0.337 e. The average molecular weight is 251 g/mol. The lowest BCUT2D eigenvalue weighted by atomic mass is 10.1. The molecule has 2 amide bonds. The fourth-order valence-corrected chi connectivity index (χ4v) is 1.91. The average Bonchev–Trinajstić information content (AvgIpc) is 2.52. The zero-order chi connectivity index (χ0) is 13.4. The summed E-state index contributed by atoms with van der Waals surface area (Å²) in [5.41, 5.74) is -0.478. The van der Waals surface area contributed by atoms with Crippen molar-refractivity contribution in [2.45, 2.75) is 13.3 Å². The zero-order valence-electron chi connectivity index (χ0n) is 9.51. The standard InChI is InChI=1S/C12H10FNO4/c1-6-4-10(15)14(11(6)16)9-5-7(13)2-3-8(9)12(17)18/h2-3,5-6H,4H2,1H3,(H,17,18). The van der Waals surface area contributed by atoms with Gasteiger partial charge in [0, 0.05) is 12.3 Å². The molecule has 2 rings (SSSR count). The van der Waals surface area contributed by atoms with Crippen molar-refractivity contribution in [3.05, 3.63) is 29.6 Å². The Morgan fingerprint density at radius 3 is 2.61 bits per heavy atom. The Bertz CT molecular complexity index is 555. The highest BCUT2D eigenvalue weighted by Gasteiger charge is 2.38. The summed E-state index contributed by atoms with van der Waals surface area (Å²) in [5, 5.41) is 8.98. The third kappa shape index (κ3) is 1.85. The van der Waals surface area contributed by atoms with E-state index >= 15 is 0 Å². The summed E-state index contributed by atoms with van der Waals surface area (Å²) >= 11 is 0. The van der Waals surface area contributed by atoms with Crippen LogP contribution in [0.4, 0.5) is 10.1 Å². The van der Waals surface area contributed by atoms with E-state index in [0.717, 1.165) is 23.1 Å². The Morgan fingerprint density at radius 2 is 2.11 bits per heavy atom. The number of halogens is 1. The van der Waals surface area contributed by atoms with E-state index in [1.165, 1.54) is 0 Å². The van der Waals surface area contributed by atoms with Crippen molar-refractivity contribution in [1.82, 2.24) is 0 Å². The van der Waals surface area contributed by atoms with Crippen molar-refractivity contribution in [2.75, 3.05) is 4.90 Å². The lowest BCUT2D eigenvalue weighted by molar-refractivity contribution is -0.122. The monoisotopic (exact) mass is 251 g/mol. The molecule has 0 aliphatic carbocycles. The van der Waals surface area contributed by atoms with Gasteiger partial charge in [0.15, 0.2) is 0 Å². The second kappa shape index (κ2) is 4.21. The van der Waals surface area contributed by atoms with Crippen molar-refractivity contribution in [3.8, 4) is 0 Å². The van der Waals surface area contributed by atoms with Gasteiger partial charge in [0.25, 0.3) is 0 Å². The number of carboxylic acid groups (broad SMARTS) is 1. The number of aromatic carboxylic acids is 1. The highest BCUT2D eigenvalue weighted by atomic mass is 19.1. The van der Waals surface area contributed by atoms with Crippen LogP contribution in [0.1, 0.15) is 23.7 Å². The summed E-state index contributed by atoms with van der Waals surface area (Å²) in [6.45, 7) is 1.57. The molecule has 1 unspecified atom stereocenters. The summed E-state index contributed by atoms with van der Waals surface area (Å²) in [6, 6.07) is 2.90. The maximum atomic E-state index is 13.2. The second-order valence-corrected chi connectivity index (χ2v) is 4.14. The van der Waals surface area contributed by atoms with Crippen molar-refractivity contribution < 1.29 is 23.9 Å². The molecule has 1 aromatic rings. The molecule has 6 heteroatoms. The van der Waals surface area contributed by atoms with E-state index in [-0.39, 0.29) is 17.7 Å². The van der Waals surface area contributed by atoms with Crippen LogP contribution in [0, 0.1) is 11.7 Å². The van der Waals surface area contributed by atoms with Crippen LogP contribution in [0.5, 0.6) is 0 Å². The first-order valence-corrected chi connectivity index (χ1v) is 5.31. The Hall–Kier alpha value is -2.24. The molecule has 18 heavy (non-hydrogen) atoms. The fraction of sp³-hybridized carbons (Fsp3) is 0.250. The van der Waals surface area contributed by atoms with Gasteiger partial charge in [0.1, 0.15) is 5.82 Å². The molecule has 0 radical (unpaired) electrons. The van der Waals surface area contributed by atoms with Gasteiger partial charge < -0.3 is 5.11 Å². The molecule has 0 saturated carbocycles. The summed E-state index contributed by atoms with van der Waals surface area (Å²) in [4.78, 5) is 35.2. The summed E-state index contributed by atoms with van der Waals surface area (Å²) in [6.07, 6.45) is 0.00834. The van der Waals surface area contributed by atoms with Gasteiger partial charge >= 0.3 is 5.97 Å². The van der Waals surface area contributed by atoms with Gasteiger partial charge in [-0.1, -0.05) is 6.92 Å². The maximum absolute atomic E-state index is 13.2. The number of amides is 2. The molecular formula is C12H10FNO4. The van der Waals surface area contributed by atoms with Crippen molar-refractivity contribution in [1.29, 1.82) is 0 Å². The molecule has 1 saturated heterocycles. The first-order valence-electron chi connectivity index (χ1n) is 5.31. The predicted octanol–water partition coefficient (Wildman–Crippen LogP) is 1.42. The zero-order valence-corrected chi connectivity index (χ0v) is 9.51. The Kier molecular flexibility index (Phi) is 2.86. The lowest BCUT2D eigenvalue weighted by Gasteiger charge is -2.16. The van der Waals surface area contributed by atoms with Crippen LogP contribution in [0.3, 0.4) is 0 Å². The Balaban J connectivity index is 2.56. The van der Waals surface area contributed by atoms with Crippen LogP contribution in [0.25, 0.3) is 0 Å². The number of carboxylic acids is 1. The fourth-order valence-electron chi connectivity index (χ4n) is 1.91. The minimum Gasteiger partial charge on any atom is -0.478 e. The first-order chi connectivity index (χ1) is 8.41. The number of benzene rings is 1. The van der Waals surface area contributed by atoms with E-state index in [2.05, 4.69) is 0 Å². The molecule has 1 heterocycles. The summed E-state index contributed by atoms with van der Waals surface area (Å²) < 4.78 is 13.2. The number of imide groups is 1. The third-order valence-corrected chi connectivity index (χ3v) is 2.80. The quantitative estimate of drug-likeness (QED) is 0.807. The number of carbonyl (C=O) groups is 3. The van der Waals surface area contributed by atoms with Gasteiger partial charge in [-0.15, -0.1) is 0 Å². The molecule has 1 N–H and O–H groups in total. The van der Waals surface area contributed by atoms with Crippen molar-refractivity contribution in [2.24, 2.45) is 5.92 Å². The molecule has 1 fully saturated rings. The molecule has 0 bridgehead atoms. The van der Waals surface area contributed by atoms with E-state index in [1.807, 2.05) is 0 Å². The molecule has 1 aliphatic heterocycles. The van der Waals surface area contributed by atoms with E-state index in [0.29, 0.717) is 0 Å². The highest BCUT2D eigenvalue weighted by Crippen LogP contribution is 2.29. The number of hydrogen-bond acceptors (Lipinski definition) is 3. The highest BCUT2D eigenvalue weighted by molar-refractivity contribution is 6.22. The molecular weight excluding hydrogens is 241 g/mol. The van der Waals surface area contributed by atoms with Gasteiger partial charge in [0.05, 0.1) is 11.3 Å². The number of carbonyl (C=O) groups excluding carboxylic acids is 2. The number of hydrogen-bond donors (Lipinski definition) is 1. The van der Waals surface area contributed by atoms with Gasteiger partial charge in [-0.05, 0) is 18.2 Å². The first kappa shape index (κ1) is 12.2. The molecule has 94 valence electrons. The van der Waals surface area contributed by atoms with E-state index in [9.17, 15) is 18.8 Å². The SMILES string of the molecule is CC1CC(=O)N(c2cc(F)ccc2C(=O)O)C1=O. The summed E-state index contributed by atoms with van der Waals surface area (Å²) in [7, 11) is 0. The molecule has 1 atom stereocenters. The van der Waals surface area contributed by atoms with E-state index in [4.69, 9.17) is 5.11 Å². The van der Waals surface area contributed by atoms with Crippen LogP contribution in [-0.2, 0) is 9.59 Å². The number of nitrogens with zero attached hydrogens (tertiary/aromatic N) is 1. The minimum atomic E-state index is -1.31. The lowest BCUT2D eigenvalue weighted by Crippen LogP contribution is -2.31. The van der Waals surface area contributed by atoms with Crippen LogP contribution in [0.2, 0.25) is 0 Å². The number of rotatable bonds is 2. The Morgan fingerprint density at radius 1 is 1.44 bits per heavy atom.